The molecule has 6 aromatic rings. The Hall–Kier alpha value is -3.78. The molecule has 0 atom stereocenters. The zero-order valence-corrected chi connectivity index (χ0v) is 17.2. The molecule has 8 heteroatoms. The van der Waals surface area contributed by atoms with Gasteiger partial charge >= 0.3 is 0 Å². The molecule has 30 heavy (non-hydrogen) atoms. The van der Waals surface area contributed by atoms with E-state index in [0.29, 0.717) is 5.65 Å². The highest BCUT2D eigenvalue weighted by atomic mass is 32.1. The van der Waals surface area contributed by atoms with Gasteiger partial charge in [-0.1, -0.05) is 6.07 Å². The number of pyridine rings is 2. The Morgan fingerprint density at radius 3 is 2.77 bits per heavy atom. The lowest BCUT2D eigenvalue weighted by Crippen LogP contribution is -1.94. The Bertz CT molecular complexity index is 1520. The molecule has 2 N–H and O–H groups in total. The number of aryl methyl sites for hydroxylation is 1. The van der Waals surface area contributed by atoms with Crippen LogP contribution in [0.4, 0.5) is 0 Å². The molecular formula is C22H17N7S. The highest BCUT2D eigenvalue weighted by molar-refractivity contribution is 7.13. The van der Waals surface area contributed by atoms with Crippen LogP contribution in [0.5, 0.6) is 0 Å². The summed E-state index contributed by atoms with van der Waals surface area (Å²) in [4.78, 5) is 18.1. The summed E-state index contributed by atoms with van der Waals surface area (Å²) in [6.07, 6.45) is 7.49. The molecule has 0 saturated carbocycles. The molecule has 0 spiro atoms. The molecule has 0 saturated heterocycles. The van der Waals surface area contributed by atoms with Gasteiger partial charge in [-0.25, -0.2) is 9.97 Å². The predicted octanol–water partition coefficient (Wildman–Crippen LogP) is 4.94. The maximum atomic E-state index is 4.56. The van der Waals surface area contributed by atoms with E-state index < -0.39 is 0 Å². The first kappa shape index (κ1) is 17.1. The summed E-state index contributed by atoms with van der Waals surface area (Å²) >= 11 is 1.71. The molecule has 6 rings (SSSR count). The number of nitrogens with one attached hydrogen (secondary N) is 2. The molecular weight excluding hydrogens is 394 g/mol. The van der Waals surface area contributed by atoms with Crippen molar-refractivity contribution in [2.75, 3.05) is 0 Å². The topological polar surface area (TPSA) is 88.1 Å². The van der Waals surface area contributed by atoms with Gasteiger partial charge in [0.05, 0.1) is 35.0 Å². The maximum Gasteiger partial charge on any atom is 0.181 e. The summed E-state index contributed by atoms with van der Waals surface area (Å²) < 4.78 is 2.06. The predicted molar refractivity (Wildman–Crippen MR) is 119 cm³/mol. The van der Waals surface area contributed by atoms with Crippen LogP contribution in [0.2, 0.25) is 0 Å². The van der Waals surface area contributed by atoms with Crippen LogP contribution in [0.1, 0.15) is 5.82 Å². The molecule has 7 nitrogen and oxygen atoms in total. The van der Waals surface area contributed by atoms with Crippen molar-refractivity contribution in [2.45, 2.75) is 6.92 Å². The molecule has 146 valence electrons. The maximum absolute atomic E-state index is 4.56. The zero-order valence-electron chi connectivity index (χ0n) is 16.3. The van der Waals surface area contributed by atoms with E-state index in [2.05, 4.69) is 64.3 Å². The molecule has 6 heterocycles. The van der Waals surface area contributed by atoms with Crippen LogP contribution < -0.4 is 0 Å². The van der Waals surface area contributed by atoms with E-state index in [1.807, 2.05) is 38.8 Å². The Labute approximate surface area is 175 Å². The number of aromatic nitrogens is 7. The second-order valence-corrected chi connectivity index (χ2v) is 8.20. The standard InChI is InChI=1S/C22H17N7S/c1-12-24-11-19(29(12)2)13-6-15-21(27-28-22(15)25-8-13)17-7-14-16(20-4-3-5-30-20)9-23-10-18(14)26-17/h3-11,26H,1-2H3,(H,25,27,28). The van der Waals surface area contributed by atoms with Crippen molar-refractivity contribution in [2.24, 2.45) is 7.05 Å². The van der Waals surface area contributed by atoms with E-state index in [0.717, 1.165) is 50.3 Å². The van der Waals surface area contributed by atoms with Crippen molar-refractivity contribution in [3.63, 3.8) is 0 Å². The SMILES string of the molecule is Cc1ncc(-c2cnc3n[nH]c(-c4cc5c(-c6cccs6)cncc5[nH]4)c3c2)n1C. The molecule has 0 aliphatic rings. The molecule has 0 fully saturated rings. The van der Waals surface area contributed by atoms with Crippen LogP contribution >= 0.6 is 11.3 Å². The van der Waals surface area contributed by atoms with Gasteiger partial charge in [-0.3, -0.25) is 10.1 Å². The summed E-state index contributed by atoms with van der Waals surface area (Å²) in [6, 6.07) is 8.44. The number of fused-ring (bicyclic) bond motifs is 2. The Kier molecular flexibility index (Phi) is 3.63. The molecule has 0 radical (unpaired) electrons. The van der Waals surface area contributed by atoms with Crippen LogP contribution in [0.3, 0.4) is 0 Å². The quantitative estimate of drug-likeness (QED) is 0.432. The van der Waals surface area contributed by atoms with E-state index in [1.165, 1.54) is 4.88 Å². The first-order chi connectivity index (χ1) is 14.7. The molecule has 0 unspecified atom stereocenters. The van der Waals surface area contributed by atoms with Crippen molar-refractivity contribution in [1.82, 2.24) is 34.7 Å². The smallest absolute Gasteiger partial charge is 0.181 e. The van der Waals surface area contributed by atoms with Gasteiger partial charge in [-0.15, -0.1) is 11.3 Å². The second-order valence-electron chi connectivity index (χ2n) is 7.25. The van der Waals surface area contributed by atoms with Gasteiger partial charge < -0.3 is 9.55 Å². The van der Waals surface area contributed by atoms with Gasteiger partial charge in [0.15, 0.2) is 5.65 Å². The van der Waals surface area contributed by atoms with E-state index >= 15 is 0 Å². The highest BCUT2D eigenvalue weighted by Crippen LogP contribution is 2.35. The first-order valence-corrected chi connectivity index (χ1v) is 10.4. The fraction of sp³-hybridized carbons (Fsp3) is 0.0909. The normalized spacial score (nSPS) is 11.7. The lowest BCUT2D eigenvalue weighted by atomic mass is 10.1. The van der Waals surface area contributed by atoms with Gasteiger partial charge in [0, 0.05) is 46.2 Å². The third-order valence-corrected chi connectivity index (χ3v) is 6.43. The Morgan fingerprint density at radius 1 is 1.03 bits per heavy atom. The minimum atomic E-state index is 0.683. The summed E-state index contributed by atoms with van der Waals surface area (Å²) in [6.45, 7) is 1.99. The second kappa shape index (κ2) is 6.36. The van der Waals surface area contributed by atoms with Crippen LogP contribution in [0.15, 0.2) is 54.4 Å². The van der Waals surface area contributed by atoms with Crippen molar-refractivity contribution < 1.29 is 0 Å². The van der Waals surface area contributed by atoms with Gasteiger partial charge in [-0.05, 0) is 30.5 Å². The number of thiophene rings is 1. The first-order valence-electron chi connectivity index (χ1n) is 9.53. The monoisotopic (exact) mass is 411 g/mol. The van der Waals surface area contributed by atoms with Gasteiger partial charge in [0.25, 0.3) is 0 Å². The summed E-state index contributed by atoms with van der Waals surface area (Å²) in [5.74, 6) is 0.960. The fourth-order valence-electron chi connectivity index (χ4n) is 3.83. The minimum absolute atomic E-state index is 0.683. The highest BCUT2D eigenvalue weighted by Gasteiger charge is 2.16. The largest absolute Gasteiger partial charge is 0.352 e. The van der Waals surface area contributed by atoms with Gasteiger partial charge in [0.2, 0.25) is 0 Å². The van der Waals surface area contributed by atoms with Crippen LogP contribution in [-0.2, 0) is 7.05 Å². The minimum Gasteiger partial charge on any atom is -0.352 e. The third kappa shape index (κ3) is 2.50. The van der Waals surface area contributed by atoms with E-state index in [1.54, 1.807) is 11.3 Å². The number of hydrogen-bond acceptors (Lipinski definition) is 5. The zero-order chi connectivity index (χ0) is 20.2. The fourth-order valence-corrected chi connectivity index (χ4v) is 4.58. The average molecular weight is 411 g/mol. The van der Waals surface area contributed by atoms with Crippen molar-refractivity contribution >= 4 is 33.3 Å². The Balaban J connectivity index is 1.53. The molecule has 0 amide bonds. The van der Waals surface area contributed by atoms with Crippen molar-refractivity contribution in [3.05, 3.63) is 60.3 Å². The summed E-state index contributed by atoms with van der Waals surface area (Å²) in [5, 5.41) is 11.7. The molecule has 0 aliphatic heterocycles. The number of H-pyrrole nitrogens is 2. The number of rotatable bonds is 3. The van der Waals surface area contributed by atoms with Crippen molar-refractivity contribution in [3.8, 4) is 33.1 Å². The lowest BCUT2D eigenvalue weighted by Gasteiger charge is -2.04. The van der Waals surface area contributed by atoms with Crippen LogP contribution in [-0.4, -0.2) is 34.7 Å². The number of imidazole rings is 1. The van der Waals surface area contributed by atoms with E-state index in [4.69, 9.17) is 0 Å². The molecule has 6 aromatic heterocycles. The average Bonchev–Trinajstić information content (AvgIpc) is 3.54. The van der Waals surface area contributed by atoms with E-state index in [-0.39, 0.29) is 0 Å². The van der Waals surface area contributed by atoms with Crippen LogP contribution in [0.25, 0.3) is 55.0 Å². The molecule has 0 aliphatic carbocycles. The lowest BCUT2D eigenvalue weighted by molar-refractivity contribution is 0.865. The van der Waals surface area contributed by atoms with Gasteiger partial charge in [-0.2, -0.15) is 5.10 Å². The molecule has 0 bridgehead atoms. The molecule has 0 aromatic carbocycles. The summed E-state index contributed by atoms with van der Waals surface area (Å²) in [5.41, 5.74) is 6.69. The van der Waals surface area contributed by atoms with Crippen molar-refractivity contribution in [1.29, 1.82) is 0 Å². The third-order valence-electron chi connectivity index (χ3n) is 5.53. The number of nitrogens with zero attached hydrogens (tertiary/aromatic N) is 5. The van der Waals surface area contributed by atoms with E-state index in [9.17, 15) is 0 Å². The van der Waals surface area contributed by atoms with Gasteiger partial charge in [0.1, 0.15) is 5.82 Å². The number of aromatic amines is 2. The number of hydrogen-bond donors (Lipinski definition) is 2. The Morgan fingerprint density at radius 2 is 1.97 bits per heavy atom. The summed E-state index contributed by atoms with van der Waals surface area (Å²) in [7, 11) is 2.01. The van der Waals surface area contributed by atoms with Crippen LogP contribution in [0, 0.1) is 6.92 Å².